The molecule has 0 aliphatic heterocycles. The van der Waals surface area contributed by atoms with Crippen LogP contribution in [-0.4, -0.2) is 60.6 Å². The van der Waals surface area contributed by atoms with Crippen molar-refractivity contribution in [1.29, 1.82) is 0 Å². The Balaban J connectivity index is 0.000000916. The van der Waals surface area contributed by atoms with Gasteiger partial charge in [0.2, 0.25) is 0 Å². The quantitative estimate of drug-likeness (QED) is 0.158. The van der Waals surface area contributed by atoms with Gasteiger partial charge >= 0.3 is 15.6 Å². The molecule has 2 aromatic rings. The van der Waals surface area contributed by atoms with Crippen molar-refractivity contribution in [2.75, 3.05) is 25.5 Å². The van der Waals surface area contributed by atoms with Gasteiger partial charge in [-0.05, 0) is 44.4 Å². The number of anilines is 1. The van der Waals surface area contributed by atoms with Gasteiger partial charge in [-0.25, -0.2) is 9.13 Å². The van der Waals surface area contributed by atoms with E-state index in [1.165, 1.54) is 25.7 Å². The van der Waals surface area contributed by atoms with Crippen molar-refractivity contribution in [3.63, 3.8) is 0 Å². The standard InChI is InChI=1S/C20H31N3O.2H3O4P/c1-4-17(5-2)21-11-7-6-8-12-22-19-15-18(24-3)14-16-10-9-13-23-20(16)19;2*1-5(2,3)4/h9-10,13-15,17,21-22H,4-8,11-12H2,1-3H3;2*(H3,1,2,3,4). The summed E-state index contributed by atoms with van der Waals surface area (Å²) in [7, 11) is -7.58. The summed E-state index contributed by atoms with van der Waals surface area (Å²) in [4.78, 5) is 47.6. The molecule has 0 unspecified atom stereocenters. The van der Waals surface area contributed by atoms with Crippen LogP contribution in [0.3, 0.4) is 0 Å². The molecule has 1 aromatic heterocycles. The van der Waals surface area contributed by atoms with Crippen molar-refractivity contribution in [3.05, 3.63) is 30.5 Å². The molecule has 0 aliphatic carbocycles. The average molecular weight is 525 g/mol. The molecule has 0 saturated heterocycles. The average Bonchev–Trinajstić information content (AvgIpc) is 2.73. The molecule has 196 valence electrons. The first-order valence-corrected chi connectivity index (χ1v) is 13.9. The fourth-order valence-corrected chi connectivity index (χ4v) is 2.95. The van der Waals surface area contributed by atoms with Gasteiger partial charge in [0.1, 0.15) is 5.75 Å². The van der Waals surface area contributed by atoms with Gasteiger partial charge in [-0.1, -0.05) is 26.3 Å². The summed E-state index contributed by atoms with van der Waals surface area (Å²) in [6.45, 7) is 6.58. The number of phosphoric acid groups is 2. The minimum absolute atomic E-state index is 0.678. The number of benzene rings is 1. The van der Waals surface area contributed by atoms with Crippen molar-refractivity contribution in [2.24, 2.45) is 0 Å². The van der Waals surface area contributed by atoms with Crippen LogP contribution in [0.5, 0.6) is 5.75 Å². The van der Waals surface area contributed by atoms with Crippen LogP contribution < -0.4 is 15.4 Å². The second-order valence-corrected chi connectivity index (χ2v) is 9.28. The Morgan fingerprint density at radius 2 is 1.50 bits per heavy atom. The Hall–Kier alpha value is -1.59. The van der Waals surface area contributed by atoms with Crippen LogP contribution in [0.1, 0.15) is 46.0 Å². The number of nitrogens with one attached hydrogen (secondary N) is 2. The Kier molecular flexibility index (Phi) is 16.1. The second-order valence-electron chi connectivity index (χ2n) is 7.23. The highest BCUT2D eigenvalue weighted by Crippen LogP contribution is 2.28. The molecule has 0 saturated carbocycles. The van der Waals surface area contributed by atoms with Crippen LogP contribution in [0.2, 0.25) is 0 Å². The van der Waals surface area contributed by atoms with E-state index in [0.717, 1.165) is 41.9 Å². The number of hydrogen-bond acceptors (Lipinski definition) is 6. The minimum atomic E-state index is -4.64. The minimum Gasteiger partial charge on any atom is -0.497 e. The highest BCUT2D eigenvalue weighted by atomic mass is 31.2. The monoisotopic (exact) mass is 525 g/mol. The summed E-state index contributed by atoms with van der Waals surface area (Å²) in [6, 6.07) is 8.76. The number of hydrogen-bond donors (Lipinski definition) is 8. The Labute approximate surface area is 199 Å². The molecule has 1 aromatic carbocycles. The van der Waals surface area contributed by atoms with Crippen LogP contribution in [0.4, 0.5) is 5.69 Å². The summed E-state index contributed by atoms with van der Waals surface area (Å²) in [5.74, 6) is 0.868. The van der Waals surface area contributed by atoms with E-state index in [9.17, 15) is 0 Å². The van der Waals surface area contributed by atoms with Gasteiger partial charge in [-0.2, -0.15) is 0 Å². The zero-order chi connectivity index (χ0) is 26.2. The maximum atomic E-state index is 8.88. The van der Waals surface area contributed by atoms with Crippen molar-refractivity contribution in [3.8, 4) is 5.75 Å². The fourth-order valence-electron chi connectivity index (χ4n) is 2.95. The smallest absolute Gasteiger partial charge is 0.466 e. The Morgan fingerprint density at radius 1 is 0.941 bits per heavy atom. The van der Waals surface area contributed by atoms with E-state index in [1.54, 1.807) is 7.11 Å². The molecular weight excluding hydrogens is 488 g/mol. The highest BCUT2D eigenvalue weighted by molar-refractivity contribution is 7.45. The number of pyridine rings is 1. The zero-order valence-electron chi connectivity index (χ0n) is 19.7. The lowest BCUT2D eigenvalue weighted by Gasteiger charge is -2.14. The van der Waals surface area contributed by atoms with Crippen molar-refractivity contribution >= 4 is 32.2 Å². The lowest BCUT2D eigenvalue weighted by Crippen LogP contribution is -2.28. The third kappa shape index (κ3) is 18.8. The topological polar surface area (TPSA) is 202 Å². The molecule has 1 heterocycles. The van der Waals surface area contributed by atoms with E-state index in [1.807, 2.05) is 24.4 Å². The van der Waals surface area contributed by atoms with E-state index < -0.39 is 15.6 Å². The SMILES string of the molecule is CCC(CC)NCCCCCNc1cc(OC)cc2cccnc12.O=P(O)(O)O.O=P(O)(O)O. The normalized spacial score (nSPS) is 11.4. The molecule has 0 fully saturated rings. The summed E-state index contributed by atoms with van der Waals surface area (Å²) < 4.78 is 23.2. The van der Waals surface area contributed by atoms with Gasteiger partial charge in [0.05, 0.1) is 18.3 Å². The van der Waals surface area contributed by atoms with E-state index in [4.69, 9.17) is 43.2 Å². The molecule has 8 N–H and O–H groups in total. The molecule has 34 heavy (non-hydrogen) atoms. The van der Waals surface area contributed by atoms with Crippen molar-refractivity contribution in [2.45, 2.75) is 52.0 Å². The number of unbranched alkanes of at least 4 members (excludes halogenated alkanes) is 2. The predicted molar refractivity (Wildman–Crippen MR) is 132 cm³/mol. The summed E-state index contributed by atoms with van der Waals surface area (Å²) in [5.41, 5.74) is 2.06. The third-order valence-corrected chi connectivity index (χ3v) is 4.50. The third-order valence-electron chi connectivity index (χ3n) is 4.50. The molecule has 0 radical (unpaired) electrons. The molecular formula is C20H37N3O9P2. The van der Waals surface area contributed by atoms with Gasteiger partial charge in [0, 0.05) is 30.2 Å². The van der Waals surface area contributed by atoms with E-state index in [0.29, 0.717) is 6.04 Å². The summed E-state index contributed by atoms with van der Waals surface area (Å²) in [6.07, 6.45) is 7.90. The molecule has 0 amide bonds. The van der Waals surface area contributed by atoms with Crippen LogP contribution in [0, 0.1) is 0 Å². The molecule has 0 atom stereocenters. The Bertz CT molecular complexity index is 881. The van der Waals surface area contributed by atoms with Gasteiger partial charge < -0.3 is 44.7 Å². The lowest BCUT2D eigenvalue weighted by atomic mass is 10.1. The molecule has 12 nitrogen and oxygen atoms in total. The van der Waals surface area contributed by atoms with Gasteiger partial charge in [-0.15, -0.1) is 0 Å². The number of rotatable bonds is 11. The highest BCUT2D eigenvalue weighted by Gasteiger charge is 2.05. The first kappa shape index (κ1) is 32.4. The lowest BCUT2D eigenvalue weighted by molar-refractivity contribution is 0.272. The summed E-state index contributed by atoms with van der Waals surface area (Å²) >= 11 is 0. The van der Waals surface area contributed by atoms with Gasteiger partial charge in [-0.3, -0.25) is 4.98 Å². The second kappa shape index (κ2) is 16.9. The molecule has 0 aliphatic rings. The maximum Gasteiger partial charge on any atom is 0.466 e. The van der Waals surface area contributed by atoms with Gasteiger partial charge in [0.25, 0.3) is 0 Å². The summed E-state index contributed by atoms with van der Waals surface area (Å²) in [5, 5.41) is 8.25. The first-order valence-electron chi connectivity index (χ1n) is 10.7. The number of methoxy groups -OCH3 is 1. The molecule has 0 bridgehead atoms. The van der Waals surface area contributed by atoms with Gasteiger partial charge in [0.15, 0.2) is 0 Å². The number of aromatic nitrogens is 1. The van der Waals surface area contributed by atoms with Crippen LogP contribution >= 0.6 is 15.6 Å². The molecule has 14 heteroatoms. The van der Waals surface area contributed by atoms with Crippen molar-refractivity contribution in [1.82, 2.24) is 10.3 Å². The largest absolute Gasteiger partial charge is 0.497 e. The number of nitrogens with zero attached hydrogens (tertiary/aromatic N) is 1. The first-order chi connectivity index (χ1) is 15.8. The predicted octanol–water partition coefficient (Wildman–Crippen LogP) is 2.75. The van der Waals surface area contributed by atoms with Crippen LogP contribution in [0.15, 0.2) is 30.5 Å². The maximum absolute atomic E-state index is 8.88. The zero-order valence-corrected chi connectivity index (χ0v) is 21.5. The van der Waals surface area contributed by atoms with E-state index in [2.05, 4.69) is 35.5 Å². The van der Waals surface area contributed by atoms with Crippen LogP contribution in [0.25, 0.3) is 10.9 Å². The van der Waals surface area contributed by atoms with Crippen molar-refractivity contribution < 1.29 is 43.2 Å². The number of ether oxygens (including phenoxy) is 1. The fraction of sp³-hybridized carbons (Fsp3) is 0.550. The molecule has 2 rings (SSSR count). The Morgan fingerprint density at radius 3 is 2.03 bits per heavy atom. The van der Waals surface area contributed by atoms with E-state index >= 15 is 0 Å². The molecule has 0 spiro atoms. The van der Waals surface area contributed by atoms with Crippen LogP contribution in [-0.2, 0) is 9.13 Å². The number of fused-ring (bicyclic) bond motifs is 1. The van der Waals surface area contributed by atoms with E-state index in [-0.39, 0.29) is 0 Å².